The zero-order chi connectivity index (χ0) is 19.6. The summed E-state index contributed by atoms with van der Waals surface area (Å²) in [6.45, 7) is 7.64. The molecule has 1 amide bonds. The zero-order valence-electron chi connectivity index (χ0n) is 16.0. The van der Waals surface area contributed by atoms with Crippen molar-refractivity contribution >= 4 is 28.7 Å². The molecule has 0 aliphatic heterocycles. The number of nitrogens with one attached hydrogen (secondary N) is 1. The van der Waals surface area contributed by atoms with Crippen molar-refractivity contribution in [1.29, 1.82) is 0 Å². The number of fused-ring (bicyclic) bond motifs is 1. The van der Waals surface area contributed by atoms with Gasteiger partial charge in [0.15, 0.2) is 12.4 Å². The van der Waals surface area contributed by atoms with Gasteiger partial charge in [-0.3, -0.25) is 9.59 Å². The van der Waals surface area contributed by atoms with Crippen LogP contribution in [0, 0.1) is 20.8 Å². The molecule has 0 spiro atoms. The molecule has 0 aromatic heterocycles. The van der Waals surface area contributed by atoms with Crippen LogP contribution < -0.4 is 10.1 Å². The van der Waals surface area contributed by atoms with E-state index in [-0.39, 0.29) is 5.91 Å². The van der Waals surface area contributed by atoms with Crippen LogP contribution in [-0.2, 0) is 4.79 Å². The van der Waals surface area contributed by atoms with Crippen molar-refractivity contribution in [3.8, 4) is 5.75 Å². The smallest absolute Gasteiger partial charge is 0.265 e. The number of ether oxygens (including phenoxy) is 1. The van der Waals surface area contributed by atoms with Crippen LogP contribution in [0.3, 0.4) is 0 Å². The third-order valence-corrected chi connectivity index (χ3v) is 4.65. The van der Waals surface area contributed by atoms with Gasteiger partial charge in [-0.15, -0.1) is 0 Å². The van der Waals surface area contributed by atoms with Crippen molar-refractivity contribution in [3.05, 3.63) is 70.8 Å². The van der Waals surface area contributed by atoms with E-state index in [4.69, 9.17) is 4.74 Å². The molecule has 4 nitrogen and oxygen atoms in total. The second-order valence-corrected chi connectivity index (χ2v) is 6.84. The van der Waals surface area contributed by atoms with E-state index in [9.17, 15) is 9.59 Å². The summed E-state index contributed by atoms with van der Waals surface area (Å²) in [6, 6.07) is 15.3. The highest BCUT2D eigenvalue weighted by Gasteiger charge is 2.19. The molecular weight excluding hydrogens is 338 g/mol. The lowest BCUT2D eigenvalue weighted by Gasteiger charge is -2.19. The fourth-order valence-electron chi connectivity index (χ4n) is 3.35. The van der Waals surface area contributed by atoms with E-state index < -0.39 is 6.10 Å². The van der Waals surface area contributed by atoms with Gasteiger partial charge in [-0.1, -0.05) is 48.0 Å². The third-order valence-electron chi connectivity index (χ3n) is 4.65. The van der Waals surface area contributed by atoms with Gasteiger partial charge in [-0.25, -0.2) is 0 Å². The van der Waals surface area contributed by atoms with E-state index in [1.54, 1.807) is 13.0 Å². The summed E-state index contributed by atoms with van der Waals surface area (Å²) in [6.07, 6.45) is 0.0290. The Labute approximate surface area is 159 Å². The van der Waals surface area contributed by atoms with Gasteiger partial charge >= 0.3 is 0 Å². The van der Waals surface area contributed by atoms with E-state index >= 15 is 0 Å². The van der Waals surface area contributed by atoms with Crippen molar-refractivity contribution in [1.82, 2.24) is 0 Å². The highest BCUT2D eigenvalue weighted by atomic mass is 16.5. The number of hydrogen-bond donors (Lipinski definition) is 1. The first-order valence-electron chi connectivity index (χ1n) is 8.93. The molecule has 3 aromatic carbocycles. The lowest BCUT2D eigenvalue weighted by Crippen LogP contribution is -2.31. The Balaban J connectivity index is 1.83. The molecule has 0 fully saturated rings. The number of rotatable bonds is 5. The number of carbonyl (C=O) groups is 2. The molecule has 0 aliphatic rings. The second-order valence-electron chi connectivity index (χ2n) is 6.84. The first-order valence-corrected chi connectivity index (χ1v) is 8.93. The van der Waals surface area contributed by atoms with Gasteiger partial charge in [-0.2, -0.15) is 0 Å². The third kappa shape index (κ3) is 3.85. The van der Waals surface area contributed by atoms with Gasteiger partial charge in [-0.05, 0) is 55.7 Å². The summed E-state index contributed by atoms with van der Waals surface area (Å²) >= 11 is 0. The molecule has 4 heteroatoms. The maximum atomic E-state index is 12.6. The first-order chi connectivity index (χ1) is 12.9. The molecule has 3 aromatic rings. The molecule has 1 N–H and O–H groups in total. The summed E-state index contributed by atoms with van der Waals surface area (Å²) in [5.74, 6) is 0.152. The van der Waals surface area contributed by atoms with Crippen molar-refractivity contribution in [2.24, 2.45) is 0 Å². The van der Waals surface area contributed by atoms with Crippen molar-refractivity contribution < 1.29 is 14.3 Å². The maximum absolute atomic E-state index is 12.6. The molecule has 138 valence electrons. The summed E-state index contributed by atoms with van der Waals surface area (Å²) in [5, 5.41) is 4.71. The van der Waals surface area contributed by atoms with Crippen LogP contribution in [0.1, 0.15) is 34.0 Å². The van der Waals surface area contributed by atoms with Crippen molar-refractivity contribution in [2.45, 2.75) is 33.8 Å². The number of benzene rings is 3. The standard InChI is InChI=1S/C23H23NO3/c1-14-11-15(2)22(16(3)12-14)24-23(26)17(4)27-21-10-9-18-7-5-6-8-19(18)20(21)13-25/h5-13,17H,1-4H3,(H,24,26)/t17-/m0/s1. The molecule has 0 radical (unpaired) electrons. The fourth-order valence-corrected chi connectivity index (χ4v) is 3.35. The van der Waals surface area contributed by atoms with Gasteiger partial charge in [0.1, 0.15) is 5.75 Å². The molecule has 0 bridgehead atoms. The topological polar surface area (TPSA) is 55.4 Å². The molecular formula is C23H23NO3. The molecule has 1 atom stereocenters. The number of amides is 1. The number of aryl methyl sites for hydroxylation is 3. The number of hydrogen-bond acceptors (Lipinski definition) is 3. The van der Waals surface area contributed by atoms with E-state index in [1.807, 2.05) is 63.2 Å². The van der Waals surface area contributed by atoms with Crippen LogP contribution in [0.4, 0.5) is 5.69 Å². The van der Waals surface area contributed by atoms with E-state index in [0.717, 1.165) is 39.4 Å². The van der Waals surface area contributed by atoms with Gasteiger partial charge < -0.3 is 10.1 Å². The summed E-state index contributed by atoms with van der Waals surface area (Å²) in [7, 11) is 0. The molecule has 0 unspecified atom stereocenters. The van der Waals surface area contributed by atoms with Gasteiger partial charge in [0.25, 0.3) is 5.91 Å². The molecule has 3 rings (SSSR count). The fraction of sp³-hybridized carbons (Fsp3) is 0.217. The minimum atomic E-state index is -0.745. The van der Waals surface area contributed by atoms with Crippen LogP contribution in [-0.4, -0.2) is 18.3 Å². The normalized spacial score (nSPS) is 11.9. The highest BCUT2D eigenvalue weighted by Crippen LogP contribution is 2.28. The van der Waals surface area contributed by atoms with E-state index in [1.165, 1.54) is 0 Å². The molecule has 0 saturated carbocycles. The number of carbonyl (C=O) groups excluding carboxylic acids is 2. The minimum Gasteiger partial charge on any atom is -0.480 e. The largest absolute Gasteiger partial charge is 0.480 e. The van der Waals surface area contributed by atoms with E-state index in [0.29, 0.717) is 11.3 Å². The Morgan fingerprint density at radius 2 is 1.70 bits per heavy atom. The minimum absolute atomic E-state index is 0.255. The molecule has 0 saturated heterocycles. The molecule has 0 aliphatic carbocycles. The SMILES string of the molecule is Cc1cc(C)c(NC(=O)[C@H](C)Oc2ccc3ccccc3c2C=O)c(C)c1. The van der Waals surface area contributed by atoms with Crippen LogP contribution in [0.5, 0.6) is 5.75 Å². The summed E-state index contributed by atoms with van der Waals surface area (Å²) in [5.41, 5.74) is 4.42. The average molecular weight is 361 g/mol. The second kappa shape index (κ2) is 7.62. The molecule has 27 heavy (non-hydrogen) atoms. The monoisotopic (exact) mass is 361 g/mol. The van der Waals surface area contributed by atoms with Crippen molar-refractivity contribution in [3.63, 3.8) is 0 Å². The number of aldehydes is 1. The van der Waals surface area contributed by atoms with Crippen LogP contribution in [0.15, 0.2) is 48.5 Å². The molecule has 0 heterocycles. The predicted octanol–water partition coefficient (Wildman–Crippen LogP) is 4.98. The van der Waals surface area contributed by atoms with E-state index in [2.05, 4.69) is 5.32 Å². The van der Waals surface area contributed by atoms with Crippen LogP contribution >= 0.6 is 0 Å². The lowest BCUT2D eigenvalue weighted by molar-refractivity contribution is -0.122. The Kier molecular flexibility index (Phi) is 5.26. The van der Waals surface area contributed by atoms with Gasteiger partial charge in [0.2, 0.25) is 0 Å². The van der Waals surface area contributed by atoms with Crippen LogP contribution in [0.25, 0.3) is 10.8 Å². The highest BCUT2D eigenvalue weighted by molar-refractivity contribution is 6.01. The van der Waals surface area contributed by atoms with Gasteiger partial charge in [0.05, 0.1) is 5.56 Å². The quantitative estimate of drug-likeness (QED) is 0.652. The van der Waals surface area contributed by atoms with Crippen LogP contribution in [0.2, 0.25) is 0 Å². The van der Waals surface area contributed by atoms with Gasteiger partial charge in [0, 0.05) is 5.69 Å². The average Bonchev–Trinajstić information content (AvgIpc) is 2.64. The Morgan fingerprint density at radius 1 is 1.04 bits per heavy atom. The number of anilines is 1. The maximum Gasteiger partial charge on any atom is 0.265 e. The Morgan fingerprint density at radius 3 is 2.37 bits per heavy atom. The van der Waals surface area contributed by atoms with Crippen molar-refractivity contribution in [2.75, 3.05) is 5.32 Å². The Bertz CT molecular complexity index is 1000. The summed E-state index contributed by atoms with van der Waals surface area (Å²) in [4.78, 5) is 24.3. The zero-order valence-corrected chi connectivity index (χ0v) is 16.0. The predicted molar refractivity (Wildman–Crippen MR) is 109 cm³/mol. The lowest BCUT2D eigenvalue weighted by atomic mass is 10.0. The Hall–Kier alpha value is -3.14. The first kappa shape index (κ1) is 18.6. The summed E-state index contributed by atoms with van der Waals surface area (Å²) < 4.78 is 5.84.